The van der Waals surface area contributed by atoms with Gasteiger partial charge in [-0.1, -0.05) is 18.2 Å². The summed E-state index contributed by atoms with van der Waals surface area (Å²) in [5, 5.41) is 18.1. The lowest BCUT2D eigenvalue weighted by Gasteiger charge is -2.17. The minimum Gasteiger partial charge on any atom is -0.497 e. The second kappa shape index (κ2) is 9.52. The van der Waals surface area contributed by atoms with E-state index in [1.165, 1.54) is 11.6 Å². The van der Waals surface area contributed by atoms with Gasteiger partial charge in [-0.25, -0.2) is 4.39 Å². The van der Waals surface area contributed by atoms with Crippen molar-refractivity contribution in [3.63, 3.8) is 0 Å². The van der Waals surface area contributed by atoms with E-state index in [9.17, 15) is 9.90 Å². The third kappa shape index (κ3) is 4.33. The van der Waals surface area contributed by atoms with Crippen molar-refractivity contribution in [2.75, 3.05) is 7.11 Å². The summed E-state index contributed by atoms with van der Waals surface area (Å²) in [4.78, 5) is 11.6. The van der Waals surface area contributed by atoms with Gasteiger partial charge in [0, 0.05) is 22.6 Å². The molecule has 0 bridgehead atoms. The summed E-state index contributed by atoms with van der Waals surface area (Å²) in [6.45, 7) is 4.37. The lowest BCUT2D eigenvalue weighted by atomic mass is 9.95. The Bertz CT molecular complexity index is 1580. The Morgan fingerprint density at radius 3 is 2.67 bits per heavy atom. The Hall–Kier alpha value is -4.20. The van der Waals surface area contributed by atoms with Gasteiger partial charge in [-0.15, -0.1) is 10.2 Å². The molecule has 1 heterocycles. The number of ether oxygens (including phenoxy) is 2. The number of halogens is 1. The fourth-order valence-corrected chi connectivity index (χ4v) is 5.94. The van der Waals surface area contributed by atoms with Crippen LogP contribution in [0.1, 0.15) is 49.4 Å². The molecule has 1 saturated carbocycles. The quantitative estimate of drug-likeness (QED) is 0.293. The predicted octanol–water partition coefficient (Wildman–Crippen LogP) is 6.21. The first-order valence-corrected chi connectivity index (χ1v) is 13.2. The molecule has 0 aliphatic heterocycles. The fourth-order valence-electron chi connectivity index (χ4n) is 5.94. The van der Waals surface area contributed by atoms with Gasteiger partial charge in [0.05, 0.1) is 13.0 Å². The average molecular weight is 528 g/mol. The van der Waals surface area contributed by atoms with Crippen LogP contribution in [-0.2, 0) is 23.2 Å². The van der Waals surface area contributed by atoms with Gasteiger partial charge in [0.15, 0.2) is 5.82 Å². The van der Waals surface area contributed by atoms with Crippen molar-refractivity contribution >= 4 is 5.97 Å². The molecular formula is C31H30FN3O4. The first-order chi connectivity index (χ1) is 18.8. The van der Waals surface area contributed by atoms with Crippen LogP contribution in [0.4, 0.5) is 4.39 Å². The molecule has 39 heavy (non-hydrogen) atoms. The lowest BCUT2D eigenvalue weighted by molar-refractivity contribution is -0.139. The summed E-state index contributed by atoms with van der Waals surface area (Å²) in [5.74, 6) is 0.523. The highest BCUT2D eigenvalue weighted by molar-refractivity contribution is 5.82. The van der Waals surface area contributed by atoms with E-state index >= 15 is 4.39 Å². The van der Waals surface area contributed by atoms with E-state index in [2.05, 4.69) is 16.3 Å². The lowest BCUT2D eigenvalue weighted by Crippen LogP contribution is -2.11. The Morgan fingerprint density at radius 2 is 1.92 bits per heavy atom. The monoisotopic (exact) mass is 527 g/mol. The van der Waals surface area contributed by atoms with Crippen LogP contribution in [0.25, 0.3) is 22.5 Å². The normalized spacial score (nSPS) is 19.4. The smallest absolute Gasteiger partial charge is 0.307 e. The molecule has 3 aromatic carbocycles. The standard InChI is InChI=1S/C31H30FN3O4/c1-18(2)35-17-33-34-29(35)25-12-19(4-8-23(25)24-13-21(38-3)7-9-28(24)32)16-39-22-6-5-20-10-11-31(26(20)14-22)15-27(31)30(36)37/h4-9,12-14,17-18,27H,10-11,15-16H2,1-3H3,(H,36,37)/t27-,31+/m1/s1. The third-order valence-electron chi connectivity index (χ3n) is 8.16. The first-order valence-electron chi connectivity index (χ1n) is 13.2. The molecule has 1 spiro atoms. The number of hydrogen-bond acceptors (Lipinski definition) is 5. The van der Waals surface area contributed by atoms with Gasteiger partial charge in [-0.3, -0.25) is 4.79 Å². The van der Waals surface area contributed by atoms with Crippen molar-refractivity contribution in [3.8, 4) is 34.0 Å². The number of benzene rings is 3. The van der Waals surface area contributed by atoms with Crippen LogP contribution in [0.5, 0.6) is 11.5 Å². The number of methoxy groups -OCH3 is 1. The molecule has 2 aliphatic rings. The minimum atomic E-state index is -0.719. The molecular weight excluding hydrogens is 497 g/mol. The van der Waals surface area contributed by atoms with Gasteiger partial charge >= 0.3 is 5.97 Å². The number of carbonyl (C=O) groups is 1. The van der Waals surface area contributed by atoms with Crippen LogP contribution in [0.15, 0.2) is 60.9 Å². The Balaban J connectivity index is 1.33. The van der Waals surface area contributed by atoms with Crippen molar-refractivity contribution in [1.82, 2.24) is 14.8 Å². The molecule has 0 unspecified atom stereocenters. The molecule has 2 atom stereocenters. The highest BCUT2D eigenvalue weighted by Crippen LogP contribution is 2.62. The highest BCUT2D eigenvalue weighted by atomic mass is 19.1. The molecule has 0 radical (unpaired) electrons. The second-order valence-corrected chi connectivity index (χ2v) is 10.7. The molecule has 7 nitrogen and oxygen atoms in total. The minimum absolute atomic E-state index is 0.105. The number of fused-ring (bicyclic) bond motifs is 2. The topological polar surface area (TPSA) is 86.5 Å². The van der Waals surface area contributed by atoms with Gasteiger partial charge in [0.1, 0.15) is 30.3 Å². The largest absolute Gasteiger partial charge is 0.497 e. The molecule has 1 fully saturated rings. The number of carboxylic acids is 1. The Kier molecular flexibility index (Phi) is 6.13. The van der Waals surface area contributed by atoms with Gasteiger partial charge in [-0.2, -0.15) is 0 Å². The summed E-state index contributed by atoms with van der Waals surface area (Å²) in [6, 6.07) is 16.6. The zero-order valence-electron chi connectivity index (χ0n) is 22.1. The maximum absolute atomic E-state index is 15.0. The molecule has 1 aromatic heterocycles. The molecule has 0 amide bonds. The number of hydrogen-bond donors (Lipinski definition) is 1. The third-order valence-corrected chi connectivity index (χ3v) is 8.16. The zero-order chi connectivity index (χ0) is 27.3. The van der Waals surface area contributed by atoms with Gasteiger partial charge in [0.2, 0.25) is 0 Å². The van der Waals surface area contributed by atoms with Crippen LogP contribution in [0.2, 0.25) is 0 Å². The molecule has 200 valence electrons. The molecule has 4 aromatic rings. The second-order valence-electron chi connectivity index (χ2n) is 10.7. The number of carboxylic acid groups (broad SMARTS) is 1. The predicted molar refractivity (Wildman–Crippen MR) is 144 cm³/mol. The van der Waals surface area contributed by atoms with Crippen molar-refractivity contribution in [2.24, 2.45) is 5.92 Å². The van der Waals surface area contributed by atoms with Crippen LogP contribution >= 0.6 is 0 Å². The number of nitrogens with zero attached hydrogens (tertiary/aromatic N) is 3. The Morgan fingerprint density at radius 1 is 1.10 bits per heavy atom. The zero-order valence-corrected chi connectivity index (χ0v) is 22.1. The van der Waals surface area contributed by atoms with E-state index in [0.717, 1.165) is 29.5 Å². The van der Waals surface area contributed by atoms with E-state index in [-0.39, 0.29) is 29.8 Å². The van der Waals surface area contributed by atoms with Crippen molar-refractivity contribution in [1.29, 1.82) is 0 Å². The van der Waals surface area contributed by atoms with E-state index in [0.29, 0.717) is 34.9 Å². The summed E-state index contributed by atoms with van der Waals surface area (Å²) in [6.07, 6.45) is 4.16. The maximum Gasteiger partial charge on any atom is 0.307 e. The number of aliphatic carboxylic acids is 1. The number of aromatic nitrogens is 3. The summed E-state index contributed by atoms with van der Waals surface area (Å²) in [5.41, 5.74) is 4.81. The van der Waals surface area contributed by atoms with Crippen LogP contribution in [0.3, 0.4) is 0 Å². The van der Waals surface area contributed by atoms with Crippen LogP contribution in [0, 0.1) is 11.7 Å². The summed E-state index contributed by atoms with van der Waals surface area (Å²) in [7, 11) is 1.56. The van der Waals surface area contributed by atoms with Gasteiger partial charge in [-0.05, 0) is 91.8 Å². The van der Waals surface area contributed by atoms with E-state index in [1.807, 2.05) is 48.7 Å². The molecule has 8 heteroatoms. The van der Waals surface area contributed by atoms with E-state index in [4.69, 9.17) is 9.47 Å². The first kappa shape index (κ1) is 25.1. The van der Waals surface area contributed by atoms with Crippen molar-refractivity contribution < 1.29 is 23.8 Å². The number of rotatable bonds is 8. The van der Waals surface area contributed by atoms with Crippen LogP contribution in [-0.4, -0.2) is 33.0 Å². The average Bonchev–Trinajstić information content (AvgIpc) is 3.28. The Labute approximate surface area is 226 Å². The number of aryl methyl sites for hydroxylation is 1. The summed E-state index contributed by atoms with van der Waals surface area (Å²) >= 11 is 0. The highest BCUT2D eigenvalue weighted by Gasteiger charge is 2.61. The SMILES string of the molecule is COc1ccc(F)c(-c2ccc(COc3ccc4c(c3)[C@]3(CC4)C[C@@H]3C(=O)O)cc2-c2nncn2C(C)C)c1. The summed E-state index contributed by atoms with van der Waals surface area (Å²) < 4.78 is 28.6. The molecule has 6 rings (SSSR count). The van der Waals surface area contributed by atoms with Crippen LogP contribution < -0.4 is 9.47 Å². The molecule has 2 aliphatic carbocycles. The van der Waals surface area contributed by atoms with Crippen molar-refractivity contribution in [3.05, 3.63) is 83.4 Å². The fraction of sp³-hybridized carbons (Fsp3) is 0.323. The molecule has 0 saturated heterocycles. The van der Waals surface area contributed by atoms with Gasteiger partial charge in [0.25, 0.3) is 0 Å². The molecule has 1 N–H and O–H groups in total. The maximum atomic E-state index is 15.0. The van der Waals surface area contributed by atoms with E-state index < -0.39 is 5.97 Å². The van der Waals surface area contributed by atoms with Gasteiger partial charge < -0.3 is 19.1 Å². The van der Waals surface area contributed by atoms with Crippen molar-refractivity contribution in [2.45, 2.75) is 51.2 Å². The van der Waals surface area contributed by atoms with E-state index in [1.54, 1.807) is 25.6 Å².